The number of hydrogen-bond donors (Lipinski definition) is 0. The van der Waals surface area contributed by atoms with E-state index < -0.39 is 11.6 Å². The first-order valence-electron chi connectivity index (χ1n) is 7.39. The van der Waals surface area contributed by atoms with Crippen molar-refractivity contribution >= 4 is 28.9 Å². The molecule has 0 N–H and O–H groups in total. The van der Waals surface area contributed by atoms with Crippen LogP contribution in [0.25, 0.3) is 11.0 Å². The lowest BCUT2D eigenvalue weighted by molar-refractivity contribution is -0.160. The first-order valence-corrected chi connectivity index (χ1v) is 7.76. The average Bonchev–Trinajstić information content (AvgIpc) is 3.08. The van der Waals surface area contributed by atoms with Crippen molar-refractivity contribution in [2.75, 3.05) is 0 Å². The highest BCUT2D eigenvalue weighted by Gasteiger charge is 2.54. The molecule has 23 heavy (non-hydrogen) atoms. The molecule has 0 bridgehead atoms. The Balaban J connectivity index is 1.82. The Morgan fingerprint density at radius 2 is 2.13 bits per heavy atom. The van der Waals surface area contributed by atoms with Gasteiger partial charge in [-0.1, -0.05) is 11.6 Å². The maximum absolute atomic E-state index is 14.3. The number of aldehydes is 1. The summed E-state index contributed by atoms with van der Waals surface area (Å²) in [5.74, 6) is -1.57. The highest BCUT2D eigenvalue weighted by molar-refractivity contribution is 6.34. The molecular formula is C15H15ClFN3O3. The summed E-state index contributed by atoms with van der Waals surface area (Å²) in [5.41, 5.74) is 0.395. The second-order valence-corrected chi connectivity index (χ2v) is 6.77. The molecule has 0 aromatic carbocycles. The minimum Gasteiger partial charge on any atom is -0.344 e. The van der Waals surface area contributed by atoms with Gasteiger partial charge >= 0.3 is 0 Å². The zero-order valence-corrected chi connectivity index (χ0v) is 13.3. The molecule has 1 aliphatic carbocycles. The zero-order chi connectivity index (χ0) is 16.4. The van der Waals surface area contributed by atoms with Crippen LogP contribution in [0.5, 0.6) is 0 Å². The van der Waals surface area contributed by atoms with Gasteiger partial charge in [0.05, 0.1) is 17.5 Å². The third-order valence-corrected chi connectivity index (χ3v) is 4.81. The van der Waals surface area contributed by atoms with E-state index >= 15 is 0 Å². The molecule has 1 saturated carbocycles. The van der Waals surface area contributed by atoms with E-state index in [0.717, 1.165) is 6.29 Å². The van der Waals surface area contributed by atoms with Crippen LogP contribution in [0.3, 0.4) is 0 Å². The lowest BCUT2D eigenvalue weighted by atomic mass is 10.1. The molecule has 4 rings (SSSR count). The van der Waals surface area contributed by atoms with E-state index in [1.54, 1.807) is 18.4 Å². The summed E-state index contributed by atoms with van der Waals surface area (Å²) in [4.78, 5) is 19.4. The van der Waals surface area contributed by atoms with Gasteiger partial charge in [-0.2, -0.15) is 0 Å². The molecule has 3 heterocycles. The molecule has 0 spiro atoms. The Kier molecular flexibility index (Phi) is 3.23. The van der Waals surface area contributed by atoms with Crippen LogP contribution in [0, 0.1) is 11.7 Å². The van der Waals surface area contributed by atoms with Gasteiger partial charge in [-0.3, -0.25) is 0 Å². The number of nitrogens with zero attached hydrogens (tertiary/aromatic N) is 3. The fourth-order valence-corrected chi connectivity index (χ4v) is 3.87. The number of ether oxygens (including phenoxy) is 2. The molecule has 8 heteroatoms. The van der Waals surface area contributed by atoms with Crippen molar-refractivity contribution in [3.8, 4) is 0 Å². The fourth-order valence-electron chi connectivity index (χ4n) is 3.66. The molecule has 0 radical (unpaired) electrons. The number of fused-ring (bicyclic) bond motifs is 2. The van der Waals surface area contributed by atoms with E-state index in [1.165, 1.54) is 12.5 Å². The van der Waals surface area contributed by atoms with Crippen LogP contribution in [0.15, 0.2) is 12.5 Å². The predicted molar refractivity (Wildman–Crippen MR) is 79.5 cm³/mol. The summed E-state index contributed by atoms with van der Waals surface area (Å²) in [5, 5.41) is 0.245. The molecule has 2 aliphatic rings. The van der Waals surface area contributed by atoms with Crippen LogP contribution < -0.4 is 0 Å². The lowest BCUT2D eigenvalue weighted by Gasteiger charge is -2.23. The van der Waals surface area contributed by atoms with Gasteiger partial charge in [0.25, 0.3) is 0 Å². The van der Waals surface area contributed by atoms with Crippen molar-refractivity contribution in [2.45, 2.75) is 44.3 Å². The first kappa shape index (κ1) is 15.0. The normalized spacial score (nSPS) is 32.3. The second-order valence-electron chi connectivity index (χ2n) is 6.42. The Labute approximate surface area is 136 Å². The first-order chi connectivity index (χ1) is 10.9. The largest absolute Gasteiger partial charge is 0.344 e. The number of carbonyl (C=O) groups is 1. The SMILES string of the molecule is CC1(C)O[C@@H]2[C@H](O1)[C@@H](C=O)C[C@H]2n1cc(F)c2c(Cl)ncnc21. The van der Waals surface area contributed by atoms with Gasteiger partial charge < -0.3 is 18.8 Å². The van der Waals surface area contributed by atoms with E-state index in [1.807, 2.05) is 0 Å². The smallest absolute Gasteiger partial charge is 0.163 e. The van der Waals surface area contributed by atoms with Crippen molar-refractivity contribution in [1.82, 2.24) is 14.5 Å². The standard InChI is InChI=1S/C15H15ClFN3O3/c1-15(2)22-11-7(5-21)3-9(12(11)23-15)20-4-8(17)10-13(16)18-6-19-14(10)20/h4-7,9,11-12H,3H2,1-2H3/t7-,9-,11-,12+/m1/s1. The van der Waals surface area contributed by atoms with Gasteiger partial charge in [-0.15, -0.1) is 0 Å². The second kappa shape index (κ2) is 4.96. The molecule has 0 unspecified atom stereocenters. The van der Waals surface area contributed by atoms with Gasteiger partial charge in [-0.05, 0) is 20.3 Å². The number of hydrogen-bond acceptors (Lipinski definition) is 5. The fraction of sp³-hybridized carbons (Fsp3) is 0.533. The quantitative estimate of drug-likeness (QED) is 0.621. The molecule has 6 nitrogen and oxygen atoms in total. The number of aromatic nitrogens is 3. The van der Waals surface area contributed by atoms with Crippen molar-refractivity contribution in [3.63, 3.8) is 0 Å². The maximum Gasteiger partial charge on any atom is 0.163 e. The van der Waals surface area contributed by atoms with Crippen LogP contribution in [0.2, 0.25) is 5.15 Å². The van der Waals surface area contributed by atoms with E-state index in [9.17, 15) is 9.18 Å². The Bertz CT molecular complexity index is 794. The van der Waals surface area contributed by atoms with Gasteiger partial charge in [-0.25, -0.2) is 14.4 Å². The van der Waals surface area contributed by atoms with Crippen LogP contribution in [-0.2, 0) is 14.3 Å². The molecule has 2 aromatic heterocycles. The lowest BCUT2D eigenvalue weighted by Crippen LogP contribution is -2.27. The Morgan fingerprint density at radius 3 is 2.87 bits per heavy atom. The summed E-state index contributed by atoms with van der Waals surface area (Å²) in [6.45, 7) is 3.61. The van der Waals surface area contributed by atoms with Crippen LogP contribution in [-0.4, -0.2) is 38.8 Å². The molecule has 0 amide bonds. The summed E-state index contributed by atoms with van der Waals surface area (Å²) in [7, 11) is 0. The van der Waals surface area contributed by atoms with Crippen LogP contribution >= 0.6 is 11.6 Å². The number of halogens is 2. The number of carbonyl (C=O) groups excluding carboxylic acids is 1. The third kappa shape index (κ3) is 2.18. The van der Waals surface area contributed by atoms with Crippen molar-refractivity contribution in [2.24, 2.45) is 5.92 Å². The maximum atomic E-state index is 14.3. The summed E-state index contributed by atoms with van der Waals surface area (Å²) in [6.07, 6.45) is 3.33. The molecular weight excluding hydrogens is 325 g/mol. The highest BCUT2D eigenvalue weighted by atomic mass is 35.5. The minimum atomic E-state index is -0.774. The van der Waals surface area contributed by atoms with E-state index in [4.69, 9.17) is 21.1 Å². The molecule has 1 aliphatic heterocycles. The number of rotatable bonds is 2. The molecule has 1 saturated heterocycles. The van der Waals surface area contributed by atoms with Gasteiger partial charge in [0.1, 0.15) is 29.5 Å². The minimum absolute atomic E-state index is 0.0663. The topological polar surface area (TPSA) is 66.2 Å². The van der Waals surface area contributed by atoms with Crippen LogP contribution in [0.4, 0.5) is 4.39 Å². The molecule has 4 atom stereocenters. The van der Waals surface area contributed by atoms with E-state index in [2.05, 4.69) is 9.97 Å². The van der Waals surface area contributed by atoms with Crippen molar-refractivity contribution in [3.05, 3.63) is 23.5 Å². The monoisotopic (exact) mass is 339 g/mol. The third-order valence-electron chi connectivity index (χ3n) is 4.53. The summed E-state index contributed by atoms with van der Waals surface area (Å²) in [6, 6.07) is -0.255. The van der Waals surface area contributed by atoms with Gasteiger partial charge in [0.15, 0.2) is 11.6 Å². The Morgan fingerprint density at radius 1 is 1.39 bits per heavy atom. The molecule has 2 aromatic rings. The average molecular weight is 340 g/mol. The van der Waals surface area contributed by atoms with Crippen molar-refractivity contribution < 1.29 is 18.7 Å². The molecule has 122 valence electrons. The van der Waals surface area contributed by atoms with Crippen molar-refractivity contribution in [1.29, 1.82) is 0 Å². The van der Waals surface area contributed by atoms with Crippen LogP contribution in [0.1, 0.15) is 26.3 Å². The highest BCUT2D eigenvalue weighted by Crippen LogP contribution is 2.47. The Hall–Kier alpha value is -1.57. The van der Waals surface area contributed by atoms with Gasteiger partial charge in [0, 0.05) is 12.1 Å². The van der Waals surface area contributed by atoms with Gasteiger partial charge in [0.2, 0.25) is 0 Å². The summed E-state index contributed by atoms with van der Waals surface area (Å²) >= 11 is 5.98. The molecule has 2 fully saturated rings. The zero-order valence-electron chi connectivity index (χ0n) is 12.6. The van der Waals surface area contributed by atoms with E-state index in [-0.39, 0.29) is 34.7 Å². The predicted octanol–water partition coefficient (Wildman–Crippen LogP) is 2.50. The summed E-state index contributed by atoms with van der Waals surface area (Å²) < 4.78 is 27.8. The van der Waals surface area contributed by atoms with E-state index in [0.29, 0.717) is 12.1 Å².